The maximum Gasteiger partial charge on any atom is 0.157 e. The highest BCUT2D eigenvalue weighted by molar-refractivity contribution is 5.30. The van der Waals surface area contributed by atoms with Crippen LogP contribution in [0.1, 0.15) is 25.6 Å². The molecule has 0 atom stereocenters. The van der Waals surface area contributed by atoms with Gasteiger partial charge in [-0.15, -0.1) is 5.10 Å². The third-order valence-corrected chi connectivity index (χ3v) is 3.85. The number of tetrazole rings is 1. The number of para-hydroxylation sites is 1. The van der Waals surface area contributed by atoms with Gasteiger partial charge >= 0.3 is 0 Å². The fourth-order valence-corrected chi connectivity index (χ4v) is 2.82. The van der Waals surface area contributed by atoms with Crippen molar-refractivity contribution in [2.75, 3.05) is 13.1 Å². The molecule has 0 spiro atoms. The molecule has 1 saturated heterocycles. The smallest absolute Gasteiger partial charge is 0.157 e. The summed E-state index contributed by atoms with van der Waals surface area (Å²) in [5, 5.41) is 15.6. The third-order valence-electron chi connectivity index (χ3n) is 3.85. The van der Waals surface area contributed by atoms with Gasteiger partial charge in [-0.2, -0.15) is 4.68 Å². The molecule has 2 heterocycles. The molecular formula is C14H19N5. The van der Waals surface area contributed by atoms with Crippen LogP contribution in [0.25, 0.3) is 5.69 Å². The molecule has 0 radical (unpaired) electrons. The molecule has 1 fully saturated rings. The van der Waals surface area contributed by atoms with Crippen LogP contribution in [-0.2, 0) is 6.42 Å². The van der Waals surface area contributed by atoms with E-state index in [1.165, 1.54) is 12.8 Å². The molecule has 0 bridgehead atoms. The van der Waals surface area contributed by atoms with Gasteiger partial charge in [0.1, 0.15) is 0 Å². The molecule has 5 heteroatoms. The first-order chi connectivity index (χ1) is 9.33. The molecule has 3 rings (SSSR count). The highest BCUT2D eigenvalue weighted by Crippen LogP contribution is 2.32. The first-order valence-electron chi connectivity index (χ1n) is 6.86. The van der Waals surface area contributed by atoms with Gasteiger partial charge in [-0.05, 0) is 29.0 Å². The standard InChI is InChI=1S/C14H19N5/c1-2-8-14(10-15-11-14)9-13-16-17-18-19(13)12-6-4-3-5-7-12/h3-7,15H,2,8-11H2,1H3. The van der Waals surface area contributed by atoms with E-state index in [-0.39, 0.29) is 0 Å². The summed E-state index contributed by atoms with van der Waals surface area (Å²) in [6.07, 6.45) is 3.37. The van der Waals surface area contributed by atoms with Gasteiger partial charge in [0.15, 0.2) is 5.82 Å². The van der Waals surface area contributed by atoms with E-state index in [9.17, 15) is 0 Å². The summed E-state index contributed by atoms with van der Waals surface area (Å²) in [6, 6.07) is 10.1. The first-order valence-corrected chi connectivity index (χ1v) is 6.86. The van der Waals surface area contributed by atoms with Crippen LogP contribution >= 0.6 is 0 Å². The van der Waals surface area contributed by atoms with E-state index < -0.39 is 0 Å². The summed E-state index contributed by atoms with van der Waals surface area (Å²) < 4.78 is 1.86. The van der Waals surface area contributed by atoms with Crippen molar-refractivity contribution < 1.29 is 0 Å². The van der Waals surface area contributed by atoms with E-state index in [1.54, 1.807) is 0 Å². The molecule has 0 aliphatic carbocycles. The highest BCUT2D eigenvalue weighted by atomic mass is 15.5. The van der Waals surface area contributed by atoms with Crippen molar-refractivity contribution in [3.63, 3.8) is 0 Å². The zero-order valence-electron chi connectivity index (χ0n) is 11.2. The van der Waals surface area contributed by atoms with E-state index in [4.69, 9.17) is 0 Å². The van der Waals surface area contributed by atoms with Crippen molar-refractivity contribution in [3.8, 4) is 5.69 Å². The SMILES string of the molecule is CCCC1(Cc2nnnn2-c2ccccc2)CNC1. The molecule has 19 heavy (non-hydrogen) atoms. The second-order valence-electron chi connectivity index (χ2n) is 5.37. The molecule has 0 unspecified atom stereocenters. The Bertz CT molecular complexity index is 530. The molecule has 5 nitrogen and oxygen atoms in total. The van der Waals surface area contributed by atoms with Gasteiger partial charge in [-0.1, -0.05) is 31.5 Å². The summed E-state index contributed by atoms with van der Waals surface area (Å²) >= 11 is 0. The molecule has 0 saturated carbocycles. The highest BCUT2D eigenvalue weighted by Gasteiger charge is 2.37. The van der Waals surface area contributed by atoms with Crippen LogP contribution in [0.5, 0.6) is 0 Å². The monoisotopic (exact) mass is 257 g/mol. The van der Waals surface area contributed by atoms with Crippen molar-refractivity contribution in [3.05, 3.63) is 36.2 Å². The van der Waals surface area contributed by atoms with Crippen LogP contribution in [-0.4, -0.2) is 33.3 Å². The fraction of sp³-hybridized carbons (Fsp3) is 0.500. The van der Waals surface area contributed by atoms with E-state index in [2.05, 4.69) is 27.8 Å². The van der Waals surface area contributed by atoms with Crippen molar-refractivity contribution in [2.45, 2.75) is 26.2 Å². The van der Waals surface area contributed by atoms with Gasteiger partial charge < -0.3 is 5.32 Å². The van der Waals surface area contributed by atoms with Crippen molar-refractivity contribution >= 4 is 0 Å². The zero-order chi connectivity index (χ0) is 13.1. The molecule has 1 aliphatic heterocycles. The van der Waals surface area contributed by atoms with Crippen LogP contribution in [0.15, 0.2) is 30.3 Å². The second-order valence-corrected chi connectivity index (χ2v) is 5.37. The van der Waals surface area contributed by atoms with Crippen LogP contribution in [0.3, 0.4) is 0 Å². The zero-order valence-corrected chi connectivity index (χ0v) is 11.2. The summed E-state index contributed by atoms with van der Waals surface area (Å²) in [7, 11) is 0. The number of rotatable bonds is 5. The van der Waals surface area contributed by atoms with Crippen molar-refractivity contribution in [2.24, 2.45) is 5.41 Å². The number of hydrogen-bond acceptors (Lipinski definition) is 4. The largest absolute Gasteiger partial charge is 0.316 e. The Morgan fingerprint density at radius 3 is 2.68 bits per heavy atom. The summed E-state index contributed by atoms with van der Waals surface area (Å²) in [5.41, 5.74) is 1.37. The number of aromatic nitrogens is 4. The van der Waals surface area contributed by atoms with Crippen LogP contribution in [0.4, 0.5) is 0 Å². The quantitative estimate of drug-likeness (QED) is 0.884. The molecule has 1 aromatic heterocycles. The minimum atomic E-state index is 0.343. The van der Waals surface area contributed by atoms with Gasteiger partial charge in [0.2, 0.25) is 0 Å². The number of hydrogen-bond donors (Lipinski definition) is 1. The van der Waals surface area contributed by atoms with Gasteiger partial charge in [0.05, 0.1) is 5.69 Å². The van der Waals surface area contributed by atoms with E-state index in [0.717, 1.165) is 31.0 Å². The van der Waals surface area contributed by atoms with E-state index >= 15 is 0 Å². The Balaban J connectivity index is 1.85. The molecule has 2 aromatic rings. The Kier molecular flexibility index (Phi) is 3.29. The summed E-state index contributed by atoms with van der Waals surface area (Å²) in [5.74, 6) is 0.959. The minimum Gasteiger partial charge on any atom is -0.316 e. The first kappa shape index (κ1) is 12.3. The molecule has 0 amide bonds. The van der Waals surface area contributed by atoms with Gasteiger partial charge in [-0.3, -0.25) is 0 Å². The number of nitrogens with zero attached hydrogens (tertiary/aromatic N) is 4. The maximum absolute atomic E-state index is 4.22. The molecule has 100 valence electrons. The van der Waals surface area contributed by atoms with Crippen LogP contribution in [0, 0.1) is 5.41 Å². The number of benzene rings is 1. The van der Waals surface area contributed by atoms with E-state index in [1.807, 2.05) is 35.0 Å². The average Bonchev–Trinajstić information content (AvgIpc) is 2.85. The van der Waals surface area contributed by atoms with Crippen molar-refractivity contribution in [1.29, 1.82) is 0 Å². The second kappa shape index (κ2) is 5.09. The predicted molar refractivity (Wildman–Crippen MR) is 73.1 cm³/mol. The van der Waals surface area contributed by atoms with Crippen molar-refractivity contribution in [1.82, 2.24) is 25.5 Å². The van der Waals surface area contributed by atoms with Crippen LogP contribution in [0.2, 0.25) is 0 Å². The molecule has 1 aliphatic rings. The normalized spacial score (nSPS) is 17.1. The lowest BCUT2D eigenvalue weighted by Gasteiger charge is -2.42. The third kappa shape index (κ3) is 2.38. The maximum atomic E-state index is 4.22. The van der Waals surface area contributed by atoms with Gasteiger partial charge in [0.25, 0.3) is 0 Å². The number of nitrogens with one attached hydrogen (secondary N) is 1. The minimum absolute atomic E-state index is 0.343. The van der Waals surface area contributed by atoms with E-state index in [0.29, 0.717) is 5.41 Å². The van der Waals surface area contributed by atoms with Crippen LogP contribution < -0.4 is 5.32 Å². The predicted octanol–water partition coefficient (Wildman–Crippen LogP) is 1.59. The Morgan fingerprint density at radius 1 is 1.26 bits per heavy atom. The summed E-state index contributed by atoms with van der Waals surface area (Å²) in [4.78, 5) is 0. The lowest BCUT2D eigenvalue weighted by atomic mass is 9.75. The Labute approximate surface area is 113 Å². The van der Waals surface area contributed by atoms with Gasteiger partial charge in [0, 0.05) is 24.9 Å². The lowest BCUT2D eigenvalue weighted by Crippen LogP contribution is -2.54. The fourth-order valence-electron chi connectivity index (χ4n) is 2.82. The average molecular weight is 257 g/mol. The summed E-state index contributed by atoms with van der Waals surface area (Å²) in [6.45, 7) is 4.38. The molecule has 1 aromatic carbocycles. The Hall–Kier alpha value is -1.75. The molecular weight excluding hydrogens is 238 g/mol. The Morgan fingerprint density at radius 2 is 2.05 bits per heavy atom. The topological polar surface area (TPSA) is 55.6 Å². The van der Waals surface area contributed by atoms with Gasteiger partial charge in [-0.25, -0.2) is 0 Å². The molecule has 1 N–H and O–H groups in total. The lowest BCUT2D eigenvalue weighted by molar-refractivity contribution is 0.146.